The Morgan fingerprint density at radius 1 is 1.30 bits per heavy atom. The Balaban J connectivity index is 1.98. The van der Waals surface area contributed by atoms with Crippen molar-refractivity contribution in [2.45, 2.75) is 45.2 Å². The molecule has 0 heterocycles. The minimum Gasteiger partial charge on any atom is -0.304 e. The lowest BCUT2D eigenvalue weighted by atomic mass is 9.98. The SMILES string of the molecule is CCS(=O)(=O)NC[C@@H](C)NC1(c2ccccc2C)CC1. The normalized spacial score (nSPS) is 18.8. The topological polar surface area (TPSA) is 58.2 Å². The van der Waals surface area contributed by atoms with Crippen LogP contribution >= 0.6 is 0 Å². The van der Waals surface area contributed by atoms with E-state index in [1.165, 1.54) is 11.1 Å². The Morgan fingerprint density at radius 2 is 1.95 bits per heavy atom. The molecule has 4 nitrogen and oxygen atoms in total. The fourth-order valence-corrected chi connectivity index (χ4v) is 3.31. The van der Waals surface area contributed by atoms with Crippen LogP contribution < -0.4 is 10.0 Å². The third kappa shape index (κ3) is 3.59. The minimum absolute atomic E-state index is 0.0441. The summed E-state index contributed by atoms with van der Waals surface area (Å²) < 4.78 is 25.6. The highest BCUT2D eigenvalue weighted by molar-refractivity contribution is 7.89. The third-order valence-corrected chi connectivity index (χ3v) is 5.29. The van der Waals surface area contributed by atoms with Crippen LogP contribution in [0.25, 0.3) is 0 Å². The molecule has 0 aliphatic heterocycles. The molecule has 5 heteroatoms. The van der Waals surface area contributed by atoms with Crippen molar-refractivity contribution in [2.75, 3.05) is 12.3 Å². The quantitative estimate of drug-likeness (QED) is 0.808. The Hall–Kier alpha value is -0.910. The maximum Gasteiger partial charge on any atom is 0.211 e. The predicted molar refractivity (Wildman–Crippen MR) is 82.2 cm³/mol. The maximum absolute atomic E-state index is 11.5. The molecule has 112 valence electrons. The van der Waals surface area contributed by atoms with E-state index < -0.39 is 10.0 Å². The molecule has 20 heavy (non-hydrogen) atoms. The monoisotopic (exact) mass is 296 g/mol. The van der Waals surface area contributed by atoms with E-state index in [4.69, 9.17) is 0 Å². The second-order valence-corrected chi connectivity index (χ2v) is 7.79. The second kappa shape index (κ2) is 5.84. The van der Waals surface area contributed by atoms with Crippen molar-refractivity contribution in [3.8, 4) is 0 Å². The number of rotatable bonds is 7. The average molecular weight is 296 g/mol. The van der Waals surface area contributed by atoms with Gasteiger partial charge in [-0.1, -0.05) is 24.3 Å². The summed E-state index contributed by atoms with van der Waals surface area (Å²) in [7, 11) is -3.11. The number of nitrogens with one attached hydrogen (secondary N) is 2. The lowest BCUT2D eigenvalue weighted by Crippen LogP contribution is -2.44. The van der Waals surface area contributed by atoms with Gasteiger partial charge in [0.25, 0.3) is 0 Å². The lowest BCUT2D eigenvalue weighted by Gasteiger charge is -2.25. The molecular formula is C15H24N2O2S. The molecule has 0 bridgehead atoms. The van der Waals surface area contributed by atoms with E-state index in [9.17, 15) is 8.42 Å². The van der Waals surface area contributed by atoms with E-state index >= 15 is 0 Å². The van der Waals surface area contributed by atoms with Gasteiger partial charge in [0, 0.05) is 18.1 Å². The van der Waals surface area contributed by atoms with E-state index in [-0.39, 0.29) is 17.3 Å². The first-order valence-electron chi connectivity index (χ1n) is 7.20. The highest BCUT2D eigenvalue weighted by Gasteiger charge is 2.45. The van der Waals surface area contributed by atoms with Crippen molar-refractivity contribution in [1.82, 2.24) is 10.0 Å². The number of aryl methyl sites for hydroxylation is 1. The van der Waals surface area contributed by atoms with Crippen LogP contribution in [-0.2, 0) is 15.6 Å². The summed E-state index contributed by atoms with van der Waals surface area (Å²) >= 11 is 0. The summed E-state index contributed by atoms with van der Waals surface area (Å²) in [6.45, 7) is 6.23. The number of sulfonamides is 1. The van der Waals surface area contributed by atoms with Gasteiger partial charge in [0.1, 0.15) is 0 Å². The average Bonchev–Trinajstić information content (AvgIpc) is 3.18. The summed E-state index contributed by atoms with van der Waals surface area (Å²) in [5, 5.41) is 3.59. The van der Waals surface area contributed by atoms with Gasteiger partial charge in [-0.25, -0.2) is 13.1 Å². The Bertz CT molecular complexity index is 565. The van der Waals surface area contributed by atoms with Gasteiger partial charge in [0.2, 0.25) is 10.0 Å². The zero-order valence-corrected chi connectivity index (χ0v) is 13.3. The molecule has 1 aliphatic carbocycles. The van der Waals surface area contributed by atoms with Crippen LogP contribution in [-0.4, -0.2) is 26.8 Å². The molecule has 1 aliphatic rings. The lowest BCUT2D eigenvalue weighted by molar-refractivity contribution is 0.433. The first kappa shape index (κ1) is 15.5. The zero-order valence-electron chi connectivity index (χ0n) is 12.4. The summed E-state index contributed by atoms with van der Waals surface area (Å²) in [5.74, 6) is 0.128. The number of hydrogen-bond donors (Lipinski definition) is 2. The Kier molecular flexibility index (Phi) is 4.52. The van der Waals surface area contributed by atoms with E-state index in [0.717, 1.165) is 12.8 Å². The fourth-order valence-electron chi connectivity index (χ4n) is 2.60. The van der Waals surface area contributed by atoms with E-state index in [0.29, 0.717) is 6.54 Å². The molecule has 0 radical (unpaired) electrons. The molecule has 0 saturated heterocycles. The molecule has 0 spiro atoms. The highest BCUT2D eigenvalue weighted by atomic mass is 32.2. The van der Waals surface area contributed by atoms with Crippen LogP contribution in [0.15, 0.2) is 24.3 Å². The summed E-state index contributed by atoms with van der Waals surface area (Å²) in [6, 6.07) is 8.51. The van der Waals surface area contributed by atoms with Gasteiger partial charge >= 0.3 is 0 Å². The van der Waals surface area contributed by atoms with Gasteiger partial charge in [-0.2, -0.15) is 0 Å². The molecule has 1 aromatic rings. The van der Waals surface area contributed by atoms with E-state index in [1.54, 1.807) is 6.92 Å². The molecule has 1 saturated carbocycles. The molecule has 1 atom stereocenters. The third-order valence-electron chi connectivity index (χ3n) is 3.92. The Morgan fingerprint density at radius 3 is 2.50 bits per heavy atom. The maximum atomic E-state index is 11.5. The molecule has 1 fully saturated rings. The van der Waals surface area contributed by atoms with Gasteiger partial charge in [0.15, 0.2) is 0 Å². The minimum atomic E-state index is -3.11. The van der Waals surface area contributed by atoms with Crippen molar-refractivity contribution in [3.63, 3.8) is 0 Å². The summed E-state index contributed by atoms with van der Waals surface area (Å²) in [6.07, 6.45) is 2.23. The largest absolute Gasteiger partial charge is 0.304 e. The highest BCUT2D eigenvalue weighted by Crippen LogP contribution is 2.46. The molecule has 0 aromatic heterocycles. The molecule has 1 aromatic carbocycles. The van der Waals surface area contributed by atoms with Crippen molar-refractivity contribution in [1.29, 1.82) is 0 Å². The Labute approximate surface area is 122 Å². The van der Waals surface area contributed by atoms with Gasteiger partial charge in [-0.05, 0) is 44.7 Å². The number of benzene rings is 1. The van der Waals surface area contributed by atoms with Crippen LogP contribution in [0, 0.1) is 6.92 Å². The molecular weight excluding hydrogens is 272 g/mol. The van der Waals surface area contributed by atoms with Crippen LogP contribution in [0.4, 0.5) is 0 Å². The fraction of sp³-hybridized carbons (Fsp3) is 0.600. The molecule has 0 amide bonds. The zero-order chi connectivity index (χ0) is 14.8. The first-order valence-corrected chi connectivity index (χ1v) is 8.85. The van der Waals surface area contributed by atoms with Gasteiger partial charge < -0.3 is 5.32 Å². The van der Waals surface area contributed by atoms with Gasteiger partial charge in [-0.3, -0.25) is 0 Å². The van der Waals surface area contributed by atoms with Gasteiger partial charge in [-0.15, -0.1) is 0 Å². The van der Waals surface area contributed by atoms with Crippen molar-refractivity contribution >= 4 is 10.0 Å². The molecule has 2 rings (SSSR count). The van der Waals surface area contributed by atoms with Crippen molar-refractivity contribution in [2.24, 2.45) is 0 Å². The molecule has 2 N–H and O–H groups in total. The first-order chi connectivity index (χ1) is 9.38. The van der Waals surface area contributed by atoms with Crippen LogP contribution in [0.1, 0.15) is 37.8 Å². The number of hydrogen-bond acceptors (Lipinski definition) is 3. The summed E-state index contributed by atoms with van der Waals surface area (Å²) in [4.78, 5) is 0. The van der Waals surface area contributed by atoms with Crippen molar-refractivity contribution < 1.29 is 8.42 Å². The van der Waals surface area contributed by atoms with Crippen molar-refractivity contribution in [3.05, 3.63) is 35.4 Å². The van der Waals surface area contributed by atoms with Crippen LogP contribution in [0.2, 0.25) is 0 Å². The predicted octanol–water partition coefficient (Wildman–Crippen LogP) is 1.90. The van der Waals surface area contributed by atoms with Crippen LogP contribution in [0.5, 0.6) is 0 Å². The van der Waals surface area contributed by atoms with E-state index in [2.05, 4.69) is 35.2 Å². The summed E-state index contributed by atoms with van der Waals surface area (Å²) in [5.41, 5.74) is 2.67. The standard InChI is InChI=1S/C15H24N2O2S/c1-4-20(18,19)16-11-13(3)17-15(9-10-15)14-8-6-5-7-12(14)2/h5-8,13,16-17H,4,9-11H2,1-3H3/t13-/m1/s1. The smallest absolute Gasteiger partial charge is 0.211 e. The van der Waals surface area contributed by atoms with E-state index in [1.807, 2.05) is 13.0 Å². The molecule has 0 unspecified atom stereocenters. The van der Waals surface area contributed by atoms with Crippen LogP contribution in [0.3, 0.4) is 0 Å². The second-order valence-electron chi connectivity index (χ2n) is 5.69. The van der Waals surface area contributed by atoms with Gasteiger partial charge in [0.05, 0.1) is 5.75 Å².